The van der Waals surface area contributed by atoms with Gasteiger partial charge in [0.05, 0.1) is 50.7 Å². The number of nitrogens with zero attached hydrogens (tertiary/aromatic N) is 2. The zero-order valence-corrected chi connectivity index (χ0v) is 23.1. The van der Waals surface area contributed by atoms with E-state index < -0.39 is 16.8 Å². The number of nitriles is 2. The Kier molecular flexibility index (Phi) is 12.4. The third kappa shape index (κ3) is 9.52. The lowest BCUT2D eigenvalue weighted by atomic mass is 9.85. The summed E-state index contributed by atoms with van der Waals surface area (Å²) in [5.74, 6) is 1.54. The van der Waals surface area contributed by atoms with E-state index in [9.17, 15) is 4.79 Å². The summed E-state index contributed by atoms with van der Waals surface area (Å²) in [6, 6.07) is 26.5. The summed E-state index contributed by atoms with van der Waals surface area (Å²) in [6.45, 7) is 7.15. The van der Waals surface area contributed by atoms with Crippen LogP contribution in [0.2, 0.25) is 0 Å². The maximum Gasteiger partial charge on any atom is 0.313 e. The third-order valence-corrected chi connectivity index (χ3v) is 5.88. The highest BCUT2D eigenvalue weighted by atomic mass is 16.5. The standard InChI is InChI=1S/C11H13NO.C11H14O3.C9H9NO/c1-11(2,8-12)9-4-6-10(13-3)7-5-9;1-11(2,10(12)13)8-4-6-9(14-3)7-5-8;1-11-9-4-2-8(3-5-9)6-7-10/h4-7H,1-3H3;4-7H,1-3H3,(H,12,13);2-5H,6H2,1H3. The van der Waals surface area contributed by atoms with Gasteiger partial charge in [-0.15, -0.1) is 0 Å². The molecule has 0 heterocycles. The van der Waals surface area contributed by atoms with Crippen LogP contribution in [0, 0.1) is 22.7 Å². The molecule has 0 atom stereocenters. The Bertz CT molecular complexity index is 1220. The molecule has 0 aliphatic carbocycles. The Balaban J connectivity index is 0.000000287. The molecule has 3 rings (SSSR count). The molecule has 0 aliphatic heterocycles. The van der Waals surface area contributed by atoms with Crippen molar-refractivity contribution >= 4 is 5.97 Å². The van der Waals surface area contributed by atoms with Crippen molar-refractivity contribution in [3.8, 4) is 29.4 Å². The fraction of sp³-hybridized carbons (Fsp3) is 0.323. The number of carboxylic acids is 1. The van der Waals surface area contributed by atoms with Crippen LogP contribution in [-0.2, 0) is 22.0 Å². The van der Waals surface area contributed by atoms with Crippen molar-refractivity contribution in [2.75, 3.05) is 21.3 Å². The van der Waals surface area contributed by atoms with Gasteiger partial charge in [-0.3, -0.25) is 4.79 Å². The van der Waals surface area contributed by atoms with E-state index in [1.165, 1.54) is 0 Å². The van der Waals surface area contributed by atoms with Crippen molar-refractivity contribution in [1.29, 1.82) is 10.5 Å². The van der Waals surface area contributed by atoms with E-state index in [2.05, 4.69) is 12.1 Å². The second kappa shape index (κ2) is 14.9. The molecular formula is C31H36N2O5. The van der Waals surface area contributed by atoms with Gasteiger partial charge in [-0.1, -0.05) is 36.4 Å². The van der Waals surface area contributed by atoms with Crippen LogP contribution in [0.25, 0.3) is 0 Å². The first kappa shape index (κ1) is 31.5. The zero-order valence-electron chi connectivity index (χ0n) is 23.1. The lowest BCUT2D eigenvalue weighted by Gasteiger charge is -2.19. The number of rotatable bonds is 7. The van der Waals surface area contributed by atoms with Crippen LogP contribution in [0.15, 0.2) is 72.8 Å². The van der Waals surface area contributed by atoms with E-state index >= 15 is 0 Å². The number of hydrogen-bond acceptors (Lipinski definition) is 6. The molecule has 0 radical (unpaired) electrons. The summed E-state index contributed by atoms with van der Waals surface area (Å²) in [7, 11) is 4.83. The summed E-state index contributed by atoms with van der Waals surface area (Å²) in [4.78, 5) is 10.9. The van der Waals surface area contributed by atoms with Crippen molar-refractivity contribution < 1.29 is 24.1 Å². The minimum Gasteiger partial charge on any atom is -0.497 e. The van der Waals surface area contributed by atoms with Gasteiger partial charge in [-0.05, 0) is 80.8 Å². The smallest absolute Gasteiger partial charge is 0.313 e. The maximum absolute atomic E-state index is 10.9. The fourth-order valence-electron chi connectivity index (χ4n) is 3.04. The summed E-state index contributed by atoms with van der Waals surface area (Å²) in [6.07, 6.45) is 0.462. The summed E-state index contributed by atoms with van der Waals surface area (Å²) in [5.41, 5.74) is 1.52. The molecule has 1 N–H and O–H groups in total. The summed E-state index contributed by atoms with van der Waals surface area (Å²) in [5, 5.41) is 26.2. The molecule has 3 aromatic rings. The van der Waals surface area contributed by atoms with E-state index in [1.54, 1.807) is 59.4 Å². The molecule has 7 nitrogen and oxygen atoms in total. The first-order valence-corrected chi connectivity index (χ1v) is 11.9. The predicted molar refractivity (Wildman–Crippen MR) is 148 cm³/mol. The van der Waals surface area contributed by atoms with E-state index in [-0.39, 0.29) is 0 Å². The predicted octanol–water partition coefficient (Wildman–Crippen LogP) is 6.32. The lowest BCUT2D eigenvalue weighted by Crippen LogP contribution is -2.28. The monoisotopic (exact) mass is 516 g/mol. The number of carbonyl (C=O) groups is 1. The molecular weight excluding hydrogens is 480 g/mol. The van der Waals surface area contributed by atoms with Crippen LogP contribution >= 0.6 is 0 Å². The Morgan fingerprint density at radius 3 is 1.39 bits per heavy atom. The number of methoxy groups -OCH3 is 3. The SMILES string of the molecule is COc1ccc(C(C)(C)C#N)cc1.COc1ccc(C(C)(C)C(=O)O)cc1.COc1ccc(CC#N)cc1. The quantitative estimate of drug-likeness (QED) is 0.391. The van der Waals surface area contributed by atoms with Gasteiger partial charge in [0.25, 0.3) is 0 Å². The summed E-state index contributed by atoms with van der Waals surface area (Å²) < 4.78 is 15.0. The van der Waals surface area contributed by atoms with E-state index in [1.807, 2.05) is 62.4 Å². The zero-order chi connectivity index (χ0) is 28.8. The number of ether oxygens (including phenoxy) is 3. The highest BCUT2D eigenvalue weighted by Crippen LogP contribution is 2.25. The third-order valence-electron chi connectivity index (χ3n) is 5.88. The van der Waals surface area contributed by atoms with Crippen LogP contribution < -0.4 is 14.2 Å². The van der Waals surface area contributed by atoms with E-state index in [4.69, 9.17) is 29.8 Å². The molecule has 0 spiro atoms. The van der Waals surface area contributed by atoms with Gasteiger partial charge in [0.1, 0.15) is 17.2 Å². The van der Waals surface area contributed by atoms with Gasteiger partial charge in [-0.25, -0.2) is 0 Å². The molecule has 38 heavy (non-hydrogen) atoms. The van der Waals surface area contributed by atoms with Gasteiger partial charge in [0, 0.05) is 0 Å². The van der Waals surface area contributed by atoms with Crippen LogP contribution in [0.5, 0.6) is 17.2 Å². The highest BCUT2D eigenvalue weighted by molar-refractivity contribution is 5.80. The van der Waals surface area contributed by atoms with Crippen LogP contribution in [0.3, 0.4) is 0 Å². The minimum absolute atomic E-state index is 0.424. The number of benzene rings is 3. The molecule has 0 fully saturated rings. The first-order chi connectivity index (χ1) is 17.9. The average Bonchev–Trinajstić information content (AvgIpc) is 2.94. The fourth-order valence-corrected chi connectivity index (χ4v) is 3.04. The van der Waals surface area contributed by atoms with Gasteiger partial charge in [-0.2, -0.15) is 10.5 Å². The van der Waals surface area contributed by atoms with E-state index in [0.717, 1.165) is 33.9 Å². The number of hydrogen-bond donors (Lipinski definition) is 1. The molecule has 0 amide bonds. The Morgan fingerprint density at radius 1 is 0.711 bits per heavy atom. The molecule has 0 saturated carbocycles. The van der Waals surface area contributed by atoms with Crippen molar-refractivity contribution in [3.05, 3.63) is 89.5 Å². The van der Waals surface area contributed by atoms with Crippen LogP contribution in [-0.4, -0.2) is 32.4 Å². The van der Waals surface area contributed by atoms with Gasteiger partial charge in [0.15, 0.2) is 0 Å². The molecule has 0 aliphatic rings. The molecule has 0 aromatic heterocycles. The van der Waals surface area contributed by atoms with Crippen LogP contribution in [0.4, 0.5) is 0 Å². The van der Waals surface area contributed by atoms with Gasteiger partial charge < -0.3 is 19.3 Å². The van der Waals surface area contributed by atoms with Crippen molar-refractivity contribution in [1.82, 2.24) is 0 Å². The normalized spacial score (nSPS) is 10.2. The van der Waals surface area contributed by atoms with Crippen LogP contribution in [0.1, 0.15) is 44.4 Å². The molecule has 0 bridgehead atoms. The molecule has 7 heteroatoms. The minimum atomic E-state index is -0.855. The molecule has 0 unspecified atom stereocenters. The molecule has 0 saturated heterocycles. The Morgan fingerprint density at radius 2 is 1.08 bits per heavy atom. The molecule has 200 valence electrons. The highest BCUT2D eigenvalue weighted by Gasteiger charge is 2.29. The Hall–Kier alpha value is -4.49. The first-order valence-electron chi connectivity index (χ1n) is 11.9. The van der Waals surface area contributed by atoms with Gasteiger partial charge in [0.2, 0.25) is 0 Å². The average molecular weight is 517 g/mol. The maximum atomic E-state index is 10.9. The van der Waals surface area contributed by atoms with Crippen molar-refractivity contribution in [2.45, 2.75) is 44.9 Å². The number of aliphatic carboxylic acids is 1. The van der Waals surface area contributed by atoms with Gasteiger partial charge >= 0.3 is 5.97 Å². The molecule has 3 aromatic carbocycles. The van der Waals surface area contributed by atoms with Crippen molar-refractivity contribution in [2.24, 2.45) is 0 Å². The second-order valence-corrected chi connectivity index (χ2v) is 9.31. The summed E-state index contributed by atoms with van der Waals surface area (Å²) >= 11 is 0. The second-order valence-electron chi connectivity index (χ2n) is 9.31. The lowest BCUT2D eigenvalue weighted by molar-refractivity contribution is -0.142. The van der Waals surface area contributed by atoms with Crippen molar-refractivity contribution in [3.63, 3.8) is 0 Å². The number of carboxylic acid groups (broad SMARTS) is 1. The largest absolute Gasteiger partial charge is 0.497 e. The topological polar surface area (TPSA) is 113 Å². The van der Waals surface area contributed by atoms with E-state index in [0.29, 0.717) is 6.42 Å². The Labute approximate surface area is 225 Å².